The van der Waals surface area contributed by atoms with Gasteiger partial charge in [-0.05, 0) is 41.8 Å². The Morgan fingerprint density at radius 2 is 1.93 bits per heavy atom. The number of aromatic nitrogens is 4. The summed E-state index contributed by atoms with van der Waals surface area (Å²) >= 11 is 1.69. The fraction of sp³-hybridized carbons (Fsp3) is 0.182. The van der Waals surface area contributed by atoms with Gasteiger partial charge in [-0.3, -0.25) is 4.79 Å². The molecule has 0 saturated carbocycles. The van der Waals surface area contributed by atoms with Gasteiger partial charge >= 0.3 is 0 Å². The molecule has 3 aromatic heterocycles. The van der Waals surface area contributed by atoms with Crippen LogP contribution in [0.25, 0.3) is 22.0 Å². The number of rotatable bonds is 3. The van der Waals surface area contributed by atoms with Crippen LogP contribution in [0.4, 0.5) is 0 Å². The average molecular weight is 565 g/mol. The van der Waals surface area contributed by atoms with Gasteiger partial charge in [0.05, 0.1) is 6.04 Å². The molecule has 1 aliphatic heterocycles. The van der Waals surface area contributed by atoms with Crippen molar-refractivity contribution in [3.05, 3.63) is 77.6 Å². The van der Waals surface area contributed by atoms with E-state index in [0.29, 0.717) is 18.7 Å². The van der Waals surface area contributed by atoms with Crippen LogP contribution in [-0.4, -0.2) is 37.1 Å². The molecule has 1 amide bonds. The van der Waals surface area contributed by atoms with E-state index >= 15 is 0 Å². The number of hydrogen-bond donors (Lipinski definition) is 0. The van der Waals surface area contributed by atoms with E-state index < -0.39 is 0 Å². The smallest absolute Gasteiger partial charge is 0.254 e. The standard InChI is InChI=1S/C22H18N5OS.Ho/c1-15-20-24-25-21(18-5-2-3-11-23-18)27(20)13-12-26(15)22(28)17-9-7-16(8-10-17)19-6-4-14-29-19;/h2-10,14-15H,12-13H2,1H3;/q-1;/t15-;/m1./s1. The Morgan fingerprint density at radius 3 is 2.63 bits per heavy atom. The molecule has 0 N–H and O–H groups in total. The van der Waals surface area contributed by atoms with Crippen LogP contribution in [-0.2, 0) is 6.54 Å². The predicted octanol–water partition coefficient (Wildman–Crippen LogP) is 4.09. The summed E-state index contributed by atoms with van der Waals surface area (Å²) in [5.74, 6) is 1.51. The second-order valence-corrected chi connectivity index (χ2v) is 7.86. The Balaban J connectivity index is 0.00000218. The van der Waals surface area contributed by atoms with Crippen molar-refractivity contribution in [1.29, 1.82) is 0 Å². The van der Waals surface area contributed by atoms with Crippen LogP contribution in [0.1, 0.15) is 29.1 Å². The average Bonchev–Trinajstić information content (AvgIpc) is 3.45. The summed E-state index contributed by atoms with van der Waals surface area (Å²) in [6.07, 6.45) is 2.84. The van der Waals surface area contributed by atoms with E-state index in [9.17, 15) is 4.79 Å². The second kappa shape index (κ2) is 8.98. The molecule has 30 heavy (non-hydrogen) atoms. The van der Waals surface area contributed by atoms with Crippen LogP contribution in [0.2, 0.25) is 0 Å². The van der Waals surface area contributed by atoms with Gasteiger partial charge in [0.25, 0.3) is 5.91 Å². The molecule has 0 bridgehead atoms. The van der Waals surface area contributed by atoms with Crippen LogP contribution in [0.15, 0.2) is 60.0 Å². The van der Waals surface area contributed by atoms with E-state index in [-0.39, 0.29) is 49.7 Å². The van der Waals surface area contributed by atoms with Crippen molar-refractivity contribution >= 4 is 17.2 Å². The molecule has 155 valence electrons. The predicted molar refractivity (Wildman–Crippen MR) is 111 cm³/mol. The molecule has 1 aromatic carbocycles. The molecule has 8 heteroatoms. The van der Waals surface area contributed by atoms with Crippen LogP contribution in [0, 0.1) is 43.9 Å². The molecular weight excluding hydrogens is 547 g/mol. The Kier molecular flexibility index (Phi) is 6.34. The summed E-state index contributed by atoms with van der Waals surface area (Å²) in [6, 6.07) is 17.3. The third-order valence-electron chi connectivity index (χ3n) is 5.22. The molecule has 4 aromatic rings. The second-order valence-electron chi connectivity index (χ2n) is 6.91. The van der Waals surface area contributed by atoms with Gasteiger partial charge in [-0.1, -0.05) is 24.4 Å². The minimum Gasteiger partial charge on any atom is -0.383 e. The maximum atomic E-state index is 13.1. The maximum Gasteiger partial charge on any atom is 0.254 e. The third-order valence-corrected chi connectivity index (χ3v) is 6.14. The van der Waals surface area contributed by atoms with Crippen LogP contribution in [0.5, 0.6) is 0 Å². The van der Waals surface area contributed by atoms with Crippen LogP contribution >= 0.6 is 11.3 Å². The molecule has 0 unspecified atom stereocenters. The fourth-order valence-electron chi connectivity index (χ4n) is 3.69. The molecule has 0 saturated heterocycles. The first-order valence-corrected chi connectivity index (χ1v) is 10.3. The molecule has 0 spiro atoms. The Labute approximate surface area is 208 Å². The summed E-state index contributed by atoms with van der Waals surface area (Å²) in [5, 5.41) is 10.7. The van der Waals surface area contributed by atoms with Gasteiger partial charge in [0, 0.05) is 61.3 Å². The largest absolute Gasteiger partial charge is 0.383 e. The first-order chi connectivity index (χ1) is 14.2. The Hall–Kier alpha value is -2.06. The first kappa shape index (κ1) is 21.2. The number of carbonyl (C=O) groups excluding carboxylic acids is 1. The molecule has 1 radical (unpaired) electrons. The Bertz CT molecular complexity index is 1140. The number of benzene rings is 1. The van der Waals surface area contributed by atoms with Crippen LogP contribution < -0.4 is 0 Å². The summed E-state index contributed by atoms with van der Waals surface area (Å²) in [6.45, 7) is 3.23. The molecule has 6 nitrogen and oxygen atoms in total. The summed E-state index contributed by atoms with van der Waals surface area (Å²) in [7, 11) is 0. The van der Waals surface area contributed by atoms with Gasteiger partial charge in [-0.15, -0.1) is 27.6 Å². The topological polar surface area (TPSA) is 63.9 Å². The summed E-state index contributed by atoms with van der Waals surface area (Å²) in [4.78, 5) is 20.5. The van der Waals surface area contributed by atoms with Gasteiger partial charge in [-0.2, -0.15) is 12.1 Å². The van der Waals surface area contributed by atoms with E-state index in [2.05, 4.69) is 32.8 Å². The van der Waals surface area contributed by atoms with Crippen molar-refractivity contribution in [2.45, 2.75) is 19.5 Å². The molecule has 4 heterocycles. The summed E-state index contributed by atoms with van der Waals surface area (Å²) in [5.41, 5.74) is 2.55. The zero-order valence-corrected chi connectivity index (χ0v) is 18.9. The van der Waals surface area contributed by atoms with E-state index in [4.69, 9.17) is 0 Å². The van der Waals surface area contributed by atoms with E-state index in [1.54, 1.807) is 17.4 Å². The van der Waals surface area contributed by atoms with Gasteiger partial charge < -0.3 is 14.5 Å². The van der Waals surface area contributed by atoms with Gasteiger partial charge in [0.2, 0.25) is 0 Å². The number of nitrogens with zero attached hydrogens (tertiary/aromatic N) is 5. The van der Waals surface area contributed by atoms with Gasteiger partial charge in [-0.25, -0.2) is 0 Å². The van der Waals surface area contributed by atoms with Crippen molar-refractivity contribution in [3.8, 4) is 22.0 Å². The van der Waals surface area contributed by atoms with Crippen LogP contribution in [0.3, 0.4) is 0 Å². The zero-order chi connectivity index (χ0) is 19.8. The van der Waals surface area contributed by atoms with Crippen molar-refractivity contribution in [2.24, 2.45) is 0 Å². The quantitative estimate of drug-likeness (QED) is 0.278. The minimum absolute atomic E-state index is 0. The zero-order valence-electron chi connectivity index (χ0n) is 16.1. The van der Waals surface area contributed by atoms with Crippen molar-refractivity contribution in [2.75, 3.05) is 6.54 Å². The van der Waals surface area contributed by atoms with Gasteiger partial charge in [0.1, 0.15) is 5.82 Å². The van der Waals surface area contributed by atoms with Gasteiger partial charge in [0.15, 0.2) is 5.82 Å². The van der Waals surface area contributed by atoms with E-state index in [1.807, 2.05) is 58.9 Å². The Morgan fingerprint density at radius 1 is 1.10 bits per heavy atom. The molecule has 1 aliphatic rings. The van der Waals surface area contributed by atoms with Crippen molar-refractivity contribution in [1.82, 2.24) is 24.6 Å². The maximum absolute atomic E-state index is 13.1. The normalized spacial score (nSPS) is 15.4. The molecule has 5 rings (SSSR count). The molecule has 0 fully saturated rings. The number of thiophene rings is 1. The third kappa shape index (κ3) is 3.83. The first-order valence-electron chi connectivity index (χ1n) is 9.44. The fourth-order valence-corrected chi connectivity index (χ4v) is 4.42. The summed E-state index contributed by atoms with van der Waals surface area (Å²) < 4.78 is 2.05. The minimum atomic E-state index is -0.165. The molecular formula is C22H18HoN5OS-. The number of carbonyl (C=O) groups is 1. The van der Waals surface area contributed by atoms with E-state index in [1.165, 1.54) is 4.88 Å². The molecule has 0 aliphatic carbocycles. The van der Waals surface area contributed by atoms with Crippen molar-refractivity contribution < 1.29 is 42.5 Å². The number of pyridine rings is 1. The number of fused-ring (bicyclic) bond motifs is 1. The van der Waals surface area contributed by atoms with Crippen molar-refractivity contribution in [3.63, 3.8) is 0 Å². The van der Waals surface area contributed by atoms with E-state index in [0.717, 1.165) is 22.9 Å². The SMILES string of the molecule is C[C@@H]1c2nnc(-c3ccc[c-]n3)n2CCN1C(=O)c1ccc(-c2cccs2)cc1.[Ho]. The number of hydrogen-bond acceptors (Lipinski definition) is 5. The monoisotopic (exact) mass is 565 g/mol. The molecule has 1 atom stereocenters. The number of amides is 1.